The van der Waals surface area contributed by atoms with E-state index in [2.05, 4.69) is 4.90 Å². The molecule has 0 N–H and O–H groups in total. The second-order valence-corrected chi connectivity index (χ2v) is 8.79. The van der Waals surface area contributed by atoms with E-state index in [-0.39, 0.29) is 15.0 Å². The number of amides is 1. The summed E-state index contributed by atoms with van der Waals surface area (Å²) >= 11 is 1.04. The zero-order valence-electron chi connectivity index (χ0n) is 12.8. The Hall–Kier alpha value is -1.70. The van der Waals surface area contributed by atoms with Crippen LogP contribution in [0.5, 0.6) is 0 Å². The average molecular weight is 350 g/mol. The molecule has 5 nitrogen and oxygen atoms in total. The number of thiophene rings is 1. The molecule has 23 heavy (non-hydrogen) atoms. The molecule has 1 fully saturated rings. The van der Waals surface area contributed by atoms with Crippen molar-refractivity contribution in [2.24, 2.45) is 0 Å². The van der Waals surface area contributed by atoms with Gasteiger partial charge in [-0.05, 0) is 31.3 Å². The highest BCUT2D eigenvalue weighted by molar-refractivity contribution is 7.93. The molecule has 1 aliphatic heterocycles. The largest absolute Gasteiger partial charge is 0.335 e. The number of carbonyl (C=O) groups excluding carboxylic acids is 1. The standard InChI is InChI=1S/C16H18N2O3S2/c1-17-9-11-18(12-10-17)16(19)14-7-8-15(22-14)23(20,21)13-5-3-2-4-6-13/h2-8H,9-12H2,1H3. The van der Waals surface area contributed by atoms with Crippen molar-refractivity contribution in [3.63, 3.8) is 0 Å². The van der Waals surface area contributed by atoms with Crippen molar-refractivity contribution in [3.05, 3.63) is 47.3 Å². The molecule has 1 amide bonds. The minimum atomic E-state index is -3.55. The van der Waals surface area contributed by atoms with Crippen molar-refractivity contribution >= 4 is 27.1 Å². The Morgan fingerprint density at radius 3 is 2.30 bits per heavy atom. The highest BCUT2D eigenvalue weighted by Gasteiger charge is 2.25. The molecule has 0 bridgehead atoms. The summed E-state index contributed by atoms with van der Waals surface area (Å²) in [6, 6.07) is 11.4. The second kappa shape index (κ2) is 6.43. The van der Waals surface area contributed by atoms with E-state index in [0.29, 0.717) is 18.0 Å². The first-order valence-electron chi connectivity index (χ1n) is 7.36. The summed E-state index contributed by atoms with van der Waals surface area (Å²) in [5, 5.41) is 0. The van der Waals surface area contributed by atoms with Gasteiger partial charge in [0.15, 0.2) is 0 Å². The summed E-state index contributed by atoms with van der Waals surface area (Å²) < 4.78 is 25.3. The Bertz CT molecular complexity index is 792. The van der Waals surface area contributed by atoms with E-state index >= 15 is 0 Å². The molecule has 0 spiro atoms. The maximum absolute atomic E-state index is 12.6. The van der Waals surface area contributed by atoms with E-state index in [0.717, 1.165) is 24.4 Å². The van der Waals surface area contributed by atoms with Crippen molar-refractivity contribution < 1.29 is 13.2 Å². The van der Waals surface area contributed by atoms with Crippen LogP contribution in [-0.4, -0.2) is 57.4 Å². The number of hydrogen-bond acceptors (Lipinski definition) is 5. The van der Waals surface area contributed by atoms with Crippen molar-refractivity contribution in [1.29, 1.82) is 0 Å². The van der Waals surface area contributed by atoms with Gasteiger partial charge in [0.25, 0.3) is 5.91 Å². The number of benzene rings is 1. The van der Waals surface area contributed by atoms with Crippen LogP contribution in [0.3, 0.4) is 0 Å². The summed E-state index contributed by atoms with van der Waals surface area (Å²) in [4.78, 5) is 17.2. The minimum absolute atomic E-state index is 0.0855. The molecule has 122 valence electrons. The van der Waals surface area contributed by atoms with Gasteiger partial charge in [-0.1, -0.05) is 18.2 Å². The van der Waals surface area contributed by atoms with Gasteiger partial charge in [0.1, 0.15) is 4.21 Å². The van der Waals surface area contributed by atoms with Crippen LogP contribution in [0.2, 0.25) is 0 Å². The molecule has 1 aromatic heterocycles. The lowest BCUT2D eigenvalue weighted by Crippen LogP contribution is -2.46. The highest BCUT2D eigenvalue weighted by atomic mass is 32.2. The van der Waals surface area contributed by atoms with Crippen LogP contribution in [0.25, 0.3) is 0 Å². The number of rotatable bonds is 3. The van der Waals surface area contributed by atoms with Crippen LogP contribution in [0.15, 0.2) is 51.6 Å². The van der Waals surface area contributed by atoms with E-state index in [9.17, 15) is 13.2 Å². The van der Waals surface area contributed by atoms with Crippen LogP contribution < -0.4 is 0 Å². The van der Waals surface area contributed by atoms with E-state index in [1.165, 1.54) is 6.07 Å². The number of nitrogens with zero attached hydrogens (tertiary/aromatic N) is 2. The third-order valence-corrected chi connectivity index (χ3v) is 7.24. The molecular formula is C16H18N2O3S2. The summed E-state index contributed by atoms with van der Waals surface area (Å²) in [7, 11) is -1.53. The molecule has 3 rings (SSSR count). The van der Waals surface area contributed by atoms with Gasteiger partial charge in [-0.25, -0.2) is 8.42 Å². The molecule has 0 radical (unpaired) electrons. The van der Waals surface area contributed by atoms with E-state index in [4.69, 9.17) is 0 Å². The molecular weight excluding hydrogens is 332 g/mol. The molecule has 1 aliphatic rings. The van der Waals surface area contributed by atoms with Crippen molar-refractivity contribution in [2.45, 2.75) is 9.10 Å². The number of hydrogen-bond donors (Lipinski definition) is 0. The normalized spacial score (nSPS) is 16.5. The zero-order chi connectivity index (χ0) is 16.4. The quantitative estimate of drug-likeness (QED) is 0.849. The van der Waals surface area contributed by atoms with Gasteiger partial charge in [-0.15, -0.1) is 11.3 Å². The van der Waals surface area contributed by atoms with Crippen molar-refractivity contribution in [1.82, 2.24) is 9.80 Å². The SMILES string of the molecule is CN1CCN(C(=O)c2ccc(S(=O)(=O)c3ccccc3)s2)CC1. The van der Waals surface area contributed by atoms with Crippen molar-refractivity contribution in [2.75, 3.05) is 33.2 Å². The Balaban J connectivity index is 1.82. The van der Waals surface area contributed by atoms with Crippen LogP contribution in [0.1, 0.15) is 9.67 Å². The molecule has 1 saturated heterocycles. The van der Waals surface area contributed by atoms with Gasteiger partial charge >= 0.3 is 0 Å². The summed E-state index contributed by atoms with van der Waals surface area (Å²) in [5.74, 6) is -0.0855. The van der Waals surface area contributed by atoms with Crippen LogP contribution >= 0.6 is 11.3 Å². The average Bonchev–Trinajstić information content (AvgIpc) is 3.06. The second-order valence-electron chi connectivity index (χ2n) is 5.53. The number of sulfone groups is 1. The molecule has 7 heteroatoms. The van der Waals surface area contributed by atoms with Gasteiger partial charge in [-0.3, -0.25) is 4.79 Å². The first-order chi connectivity index (χ1) is 11.0. The predicted molar refractivity (Wildman–Crippen MR) is 89.6 cm³/mol. The molecule has 0 saturated carbocycles. The molecule has 0 aliphatic carbocycles. The predicted octanol–water partition coefficient (Wildman–Crippen LogP) is 1.97. The smallest absolute Gasteiger partial charge is 0.264 e. The lowest BCUT2D eigenvalue weighted by molar-refractivity contribution is 0.0669. The number of piperazine rings is 1. The first-order valence-corrected chi connectivity index (χ1v) is 9.66. The summed E-state index contributed by atoms with van der Waals surface area (Å²) in [6.45, 7) is 3.03. The number of likely N-dealkylation sites (N-methyl/N-ethyl adjacent to an activating group) is 1. The van der Waals surface area contributed by atoms with Crippen LogP contribution in [0, 0.1) is 0 Å². The summed E-state index contributed by atoms with van der Waals surface area (Å²) in [6.07, 6.45) is 0. The monoisotopic (exact) mass is 350 g/mol. The topological polar surface area (TPSA) is 57.7 Å². The Morgan fingerprint density at radius 2 is 1.65 bits per heavy atom. The van der Waals surface area contributed by atoms with E-state index in [1.54, 1.807) is 41.3 Å². The highest BCUT2D eigenvalue weighted by Crippen LogP contribution is 2.28. The molecule has 1 aromatic carbocycles. The lowest BCUT2D eigenvalue weighted by atomic mass is 10.3. The lowest BCUT2D eigenvalue weighted by Gasteiger charge is -2.32. The van der Waals surface area contributed by atoms with Gasteiger partial charge in [0.05, 0.1) is 9.77 Å². The number of carbonyl (C=O) groups is 1. The fraction of sp³-hybridized carbons (Fsp3) is 0.312. The van der Waals surface area contributed by atoms with E-state index in [1.807, 2.05) is 7.05 Å². The molecule has 2 heterocycles. The Kier molecular flexibility index (Phi) is 4.52. The third-order valence-electron chi connectivity index (χ3n) is 3.90. The molecule has 0 unspecified atom stereocenters. The van der Waals surface area contributed by atoms with E-state index < -0.39 is 9.84 Å². The Morgan fingerprint density at radius 1 is 1.00 bits per heavy atom. The fourth-order valence-corrected chi connectivity index (χ4v) is 5.16. The zero-order valence-corrected chi connectivity index (χ0v) is 14.4. The van der Waals surface area contributed by atoms with Gasteiger partial charge < -0.3 is 9.80 Å². The first kappa shape index (κ1) is 16.2. The Labute approximate surface area is 140 Å². The van der Waals surface area contributed by atoms with Gasteiger partial charge in [0.2, 0.25) is 9.84 Å². The van der Waals surface area contributed by atoms with Gasteiger partial charge in [0, 0.05) is 26.2 Å². The maximum atomic E-state index is 12.6. The molecule has 2 aromatic rings. The van der Waals surface area contributed by atoms with Crippen molar-refractivity contribution in [3.8, 4) is 0 Å². The minimum Gasteiger partial charge on any atom is -0.335 e. The van der Waals surface area contributed by atoms with Crippen LogP contribution in [0.4, 0.5) is 0 Å². The van der Waals surface area contributed by atoms with Gasteiger partial charge in [-0.2, -0.15) is 0 Å². The molecule has 0 atom stereocenters. The third kappa shape index (κ3) is 3.31. The summed E-state index contributed by atoms with van der Waals surface area (Å²) in [5.41, 5.74) is 0. The maximum Gasteiger partial charge on any atom is 0.264 e. The van der Waals surface area contributed by atoms with Crippen LogP contribution in [-0.2, 0) is 9.84 Å². The fourth-order valence-electron chi connectivity index (χ4n) is 2.46.